The van der Waals surface area contributed by atoms with Crippen LogP contribution in [0.4, 0.5) is 0 Å². The molecule has 5 heteroatoms. The van der Waals surface area contributed by atoms with E-state index in [0.29, 0.717) is 18.1 Å². The Hall–Kier alpha value is -2.82. The van der Waals surface area contributed by atoms with Crippen LogP contribution in [0, 0.1) is 0 Å². The Morgan fingerprint density at radius 1 is 1.08 bits per heavy atom. The third-order valence-corrected chi connectivity index (χ3v) is 4.55. The molecule has 124 valence electrons. The van der Waals surface area contributed by atoms with E-state index >= 15 is 0 Å². The summed E-state index contributed by atoms with van der Waals surface area (Å²) in [6, 6.07) is 9.59. The second-order valence-electron chi connectivity index (χ2n) is 5.84. The summed E-state index contributed by atoms with van der Waals surface area (Å²) in [5.74, 6) is 1.83. The highest BCUT2D eigenvalue weighted by molar-refractivity contribution is 5.85. The van der Waals surface area contributed by atoms with Gasteiger partial charge in [-0.05, 0) is 30.2 Å². The molecule has 0 fully saturated rings. The maximum absolute atomic E-state index is 10.3. The van der Waals surface area contributed by atoms with Crippen LogP contribution in [-0.4, -0.2) is 25.9 Å². The number of benzene rings is 2. The third kappa shape index (κ3) is 2.16. The van der Waals surface area contributed by atoms with Gasteiger partial charge in [0, 0.05) is 11.5 Å². The zero-order valence-electron chi connectivity index (χ0n) is 13.5. The maximum Gasteiger partial charge on any atom is 0.201 e. The number of methoxy groups -OCH3 is 2. The second-order valence-corrected chi connectivity index (χ2v) is 5.84. The quantitative estimate of drug-likeness (QED) is 0.791. The summed E-state index contributed by atoms with van der Waals surface area (Å²) >= 11 is 0. The van der Waals surface area contributed by atoms with Crippen molar-refractivity contribution in [3.05, 3.63) is 47.7 Å². The second kappa shape index (κ2) is 5.67. The average Bonchev–Trinajstić information content (AvgIpc) is 3.10. The third-order valence-electron chi connectivity index (χ3n) is 4.55. The maximum atomic E-state index is 10.3. The van der Waals surface area contributed by atoms with E-state index in [4.69, 9.17) is 18.6 Å². The minimum Gasteiger partial charge on any atom is -0.502 e. The molecule has 0 bridgehead atoms. The Balaban J connectivity index is 1.73. The van der Waals surface area contributed by atoms with E-state index < -0.39 is 0 Å². The molecule has 0 spiro atoms. The molecule has 0 unspecified atom stereocenters. The first-order valence-electron chi connectivity index (χ1n) is 7.78. The normalized spacial score (nSPS) is 16.5. The van der Waals surface area contributed by atoms with Gasteiger partial charge in [0.1, 0.15) is 11.3 Å². The molecule has 0 radical (unpaired) electrons. The summed E-state index contributed by atoms with van der Waals surface area (Å²) in [6.07, 6.45) is 2.48. The summed E-state index contributed by atoms with van der Waals surface area (Å²) in [5, 5.41) is 11.3. The molecule has 1 aromatic heterocycles. The molecule has 1 N–H and O–H groups in total. The van der Waals surface area contributed by atoms with Crippen molar-refractivity contribution in [2.45, 2.75) is 12.3 Å². The Bertz CT molecular complexity index is 896. The average molecular weight is 326 g/mol. The number of phenolic OH excluding ortho intramolecular Hbond substituents is 1. The van der Waals surface area contributed by atoms with Gasteiger partial charge in [0.05, 0.1) is 32.5 Å². The van der Waals surface area contributed by atoms with Crippen LogP contribution in [0.3, 0.4) is 0 Å². The Morgan fingerprint density at radius 3 is 2.75 bits per heavy atom. The Kier molecular flexibility index (Phi) is 3.49. The lowest BCUT2D eigenvalue weighted by atomic mass is 9.89. The van der Waals surface area contributed by atoms with Crippen LogP contribution in [0.15, 0.2) is 41.0 Å². The van der Waals surface area contributed by atoms with E-state index in [1.165, 1.54) is 7.11 Å². The van der Waals surface area contributed by atoms with Gasteiger partial charge in [-0.1, -0.05) is 12.1 Å². The van der Waals surface area contributed by atoms with Gasteiger partial charge < -0.3 is 23.7 Å². The lowest BCUT2D eigenvalue weighted by Gasteiger charge is -2.27. The number of phenols is 1. The number of furan rings is 1. The van der Waals surface area contributed by atoms with Gasteiger partial charge in [0.2, 0.25) is 5.75 Å². The highest BCUT2D eigenvalue weighted by Crippen LogP contribution is 2.45. The molecular weight excluding hydrogens is 308 g/mol. The first-order chi connectivity index (χ1) is 11.7. The lowest BCUT2D eigenvalue weighted by Crippen LogP contribution is -2.20. The summed E-state index contributed by atoms with van der Waals surface area (Å²) in [5.41, 5.74) is 2.86. The van der Waals surface area contributed by atoms with Gasteiger partial charge in [-0.3, -0.25) is 0 Å². The fourth-order valence-electron chi connectivity index (χ4n) is 3.37. The van der Waals surface area contributed by atoms with Crippen molar-refractivity contribution in [1.29, 1.82) is 0 Å². The van der Waals surface area contributed by atoms with Crippen LogP contribution in [0.25, 0.3) is 11.0 Å². The molecule has 2 heterocycles. The molecule has 5 nitrogen and oxygen atoms in total. The van der Waals surface area contributed by atoms with Crippen molar-refractivity contribution in [3.63, 3.8) is 0 Å². The van der Waals surface area contributed by atoms with Crippen LogP contribution < -0.4 is 14.2 Å². The lowest BCUT2D eigenvalue weighted by molar-refractivity contribution is 0.260. The van der Waals surface area contributed by atoms with E-state index in [2.05, 4.69) is 0 Å². The molecule has 24 heavy (non-hydrogen) atoms. The van der Waals surface area contributed by atoms with Crippen molar-refractivity contribution < 1.29 is 23.7 Å². The molecule has 3 aromatic rings. The zero-order chi connectivity index (χ0) is 16.7. The first-order valence-corrected chi connectivity index (χ1v) is 7.78. The fraction of sp³-hybridized carbons (Fsp3) is 0.263. The predicted molar refractivity (Wildman–Crippen MR) is 89.4 cm³/mol. The molecule has 1 atom stereocenters. The van der Waals surface area contributed by atoms with Crippen LogP contribution in [0.1, 0.15) is 17.0 Å². The number of hydrogen-bond acceptors (Lipinski definition) is 5. The summed E-state index contributed by atoms with van der Waals surface area (Å²) < 4.78 is 22.0. The van der Waals surface area contributed by atoms with Crippen LogP contribution in [0.5, 0.6) is 23.0 Å². The van der Waals surface area contributed by atoms with Gasteiger partial charge in [-0.15, -0.1) is 0 Å². The minimum atomic E-state index is 0.0218. The van der Waals surface area contributed by atoms with E-state index in [1.54, 1.807) is 19.4 Å². The molecule has 1 aliphatic rings. The standard InChI is InChI=1S/C19H18O5/c1-21-16-6-4-13(19(22-2)17(16)20)12-9-11-3-5-15-14(7-8-23-15)18(11)24-10-12/h3-8,12,20H,9-10H2,1-2H3/t12-/m0/s1. The molecular formula is C19H18O5. The minimum absolute atomic E-state index is 0.0218. The van der Waals surface area contributed by atoms with E-state index in [0.717, 1.165) is 34.3 Å². The highest BCUT2D eigenvalue weighted by Gasteiger charge is 2.27. The van der Waals surface area contributed by atoms with Gasteiger partial charge in [0.25, 0.3) is 0 Å². The molecule has 1 aliphatic heterocycles. The molecule has 4 rings (SSSR count). The summed E-state index contributed by atoms with van der Waals surface area (Å²) in [4.78, 5) is 0. The van der Waals surface area contributed by atoms with Crippen molar-refractivity contribution in [3.8, 4) is 23.0 Å². The van der Waals surface area contributed by atoms with Crippen molar-refractivity contribution in [2.24, 2.45) is 0 Å². The first kappa shape index (κ1) is 14.8. The molecule has 0 saturated heterocycles. The van der Waals surface area contributed by atoms with Crippen LogP contribution in [0.2, 0.25) is 0 Å². The summed E-state index contributed by atoms with van der Waals surface area (Å²) in [7, 11) is 3.06. The van der Waals surface area contributed by atoms with Gasteiger partial charge in [-0.2, -0.15) is 0 Å². The van der Waals surface area contributed by atoms with E-state index in [-0.39, 0.29) is 11.7 Å². The van der Waals surface area contributed by atoms with Gasteiger partial charge in [0.15, 0.2) is 11.5 Å². The van der Waals surface area contributed by atoms with Crippen molar-refractivity contribution >= 4 is 11.0 Å². The number of ether oxygens (including phenoxy) is 3. The van der Waals surface area contributed by atoms with Gasteiger partial charge in [-0.25, -0.2) is 0 Å². The Morgan fingerprint density at radius 2 is 1.96 bits per heavy atom. The molecule has 0 aliphatic carbocycles. The number of rotatable bonds is 3. The zero-order valence-corrected chi connectivity index (χ0v) is 13.5. The smallest absolute Gasteiger partial charge is 0.201 e. The molecule has 0 saturated carbocycles. The van der Waals surface area contributed by atoms with Gasteiger partial charge >= 0.3 is 0 Å². The number of hydrogen-bond donors (Lipinski definition) is 1. The van der Waals surface area contributed by atoms with Crippen molar-refractivity contribution in [2.75, 3.05) is 20.8 Å². The molecule has 0 amide bonds. The van der Waals surface area contributed by atoms with Crippen LogP contribution >= 0.6 is 0 Å². The van der Waals surface area contributed by atoms with E-state index in [1.807, 2.05) is 24.3 Å². The topological polar surface area (TPSA) is 61.1 Å². The predicted octanol–water partition coefficient (Wildman–Crippen LogP) is 3.87. The number of aromatic hydroxyl groups is 1. The fourth-order valence-corrected chi connectivity index (χ4v) is 3.37. The highest BCUT2D eigenvalue weighted by atomic mass is 16.5. The van der Waals surface area contributed by atoms with E-state index in [9.17, 15) is 5.11 Å². The summed E-state index contributed by atoms with van der Waals surface area (Å²) in [6.45, 7) is 0.513. The SMILES string of the molecule is COc1ccc([C@@H]2COc3c(ccc4occc34)C2)c(OC)c1O. The van der Waals surface area contributed by atoms with Crippen molar-refractivity contribution in [1.82, 2.24) is 0 Å². The largest absolute Gasteiger partial charge is 0.502 e. The number of fused-ring (bicyclic) bond motifs is 3. The Labute approximate surface area is 139 Å². The van der Waals surface area contributed by atoms with Crippen LogP contribution in [-0.2, 0) is 6.42 Å². The molecule has 2 aromatic carbocycles. The monoisotopic (exact) mass is 326 g/mol.